The number of hydrogen-bond donors (Lipinski definition) is 2. The zero-order chi connectivity index (χ0) is 20.5. The zero-order valence-electron chi connectivity index (χ0n) is 17.5. The zero-order valence-corrected chi connectivity index (χ0v) is 19.9. The molecule has 3 rings (SSSR count). The van der Waals surface area contributed by atoms with E-state index >= 15 is 0 Å². The summed E-state index contributed by atoms with van der Waals surface area (Å²) in [7, 11) is 1.73. The minimum absolute atomic E-state index is 0. The molecule has 1 fully saturated rings. The lowest BCUT2D eigenvalue weighted by Gasteiger charge is -2.34. The van der Waals surface area contributed by atoms with Crippen LogP contribution in [0.1, 0.15) is 17.5 Å². The second-order valence-corrected chi connectivity index (χ2v) is 7.00. The van der Waals surface area contributed by atoms with Gasteiger partial charge in [0.05, 0.1) is 0 Å². The Morgan fingerprint density at radius 1 is 1.07 bits per heavy atom. The molecule has 1 aliphatic rings. The maximum atomic E-state index is 12.5. The van der Waals surface area contributed by atoms with Crippen molar-refractivity contribution in [2.45, 2.75) is 19.9 Å². The van der Waals surface area contributed by atoms with E-state index in [1.165, 1.54) is 11.1 Å². The van der Waals surface area contributed by atoms with Gasteiger partial charge in [-0.15, -0.1) is 24.0 Å². The molecule has 2 N–H and O–H groups in total. The average Bonchev–Trinajstić information content (AvgIpc) is 2.78. The lowest BCUT2D eigenvalue weighted by atomic mass is 10.1. The summed E-state index contributed by atoms with van der Waals surface area (Å²) in [5.74, 6) is 1.58. The van der Waals surface area contributed by atoms with Gasteiger partial charge in [-0.2, -0.15) is 0 Å². The molecule has 1 aromatic heterocycles. The SMILES string of the molecule is CN=C(NCCC(=O)N1CCN(c2ncccn2)CC1)NCc1ccc(C)cc1.I. The fraction of sp³-hybridized carbons (Fsp3) is 0.429. The maximum Gasteiger partial charge on any atom is 0.225 e. The van der Waals surface area contributed by atoms with E-state index in [0.29, 0.717) is 38.6 Å². The molecule has 0 spiro atoms. The molecule has 8 nitrogen and oxygen atoms in total. The summed E-state index contributed by atoms with van der Waals surface area (Å²) in [5, 5.41) is 6.49. The number of aromatic nitrogens is 2. The highest BCUT2D eigenvalue weighted by Gasteiger charge is 2.22. The predicted octanol–water partition coefficient (Wildman–Crippen LogP) is 1.81. The van der Waals surface area contributed by atoms with Gasteiger partial charge in [0.2, 0.25) is 11.9 Å². The second kappa shape index (κ2) is 12.3. The first kappa shape index (κ1) is 23.8. The number of benzene rings is 1. The fourth-order valence-corrected chi connectivity index (χ4v) is 3.17. The Morgan fingerprint density at radius 3 is 2.37 bits per heavy atom. The highest BCUT2D eigenvalue weighted by Crippen LogP contribution is 2.10. The lowest BCUT2D eigenvalue weighted by Crippen LogP contribution is -2.50. The Morgan fingerprint density at radius 2 is 1.73 bits per heavy atom. The predicted molar refractivity (Wildman–Crippen MR) is 130 cm³/mol. The van der Waals surface area contributed by atoms with Crippen LogP contribution in [0.25, 0.3) is 0 Å². The van der Waals surface area contributed by atoms with Crippen molar-refractivity contribution in [2.24, 2.45) is 4.99 Å². The molecule has 1 aliphatic heterocycles. The number of nitrogens with zero attached hydrogens (tertiary/aromatic N) is 5. The molecule has 1 aromatic carbocycles. The van der Waals surface area contributed by atoms with Crippen LogP contribution in [0.4, 0.5) is 5.95 Å². The number of nitrogens with one attached hydrogen (secondary N) is 2. The first-order chi connectivity index (χ1) is 14.2. The molecule has 9 heteroatoms. The number of amides is 1. The minimum Gasteiger partial charge on any atom is -0.356 e. The van der Waals surface area contributed by atoms with E-state index in [1.54, 1.807) is 25.5 Å². The van der Waals surface area contributed by atoms with Crippen molar-refractivity contribution in [1.82, 2.24) is 25.5 Å². The smallest absolute Gasteiger partial charge is 0.225 e. The fourth-order valence-electron chi connectivity index (χ4n) is 3.17. The number of anilines is 1. The molecule has 2 aromatic rings. The summed E-state index contributed by atoms with van der Waals surface area (Å²) in [6.45, 7) is 6.21. The van der Waals surface area contributed by atoms with Crippen molar-refractivity contribution >= 4 is 41.8 Å². The third kappa shape index (κ3) is 7.12. The summed E-state index contributed by atoms with van der Waals surface area (Å²) in [6, 6.07) is 10.2. The summed E-state index contributed by atoms with van der Waals surface area (Å²) in [6.07, 6.45) is 3.92. The van der Waals surface area contributed by atoms with Crippen LogP contribution in [0, 0.1) is 6.92 Å². The van der Waals surface area contributed by atoms with E-state index in [-0.39, 0.29) is 29.9 Å². The number of guanidine groups is 1. The van der Waals surface area contributed by atoms with E-state index in [0.717, 1.165) is 19.0 Å². The van der Waals surface area contributed by atoms with Crippen LogP contribution in [0.5, 0.6) is 0 Å². The van der Waals surface area contributed by atoms with Gasteiger partial charge < -0.3 is 20.4 Å². The second-order valence-electron chi connectivity index (χ2n) is 7.00. The number of hydrogen-bond acceptors (Lipinski definition) is 5. The Labute approximate surface area is 195 Å². The molecule has 0 radical (unpaired) electrons. The average molecular weight is 523 g/mol. The van der Waals surface area contributed by atoms with E-state index in [2.05, 4.69) is 61.7 Å². The quantitative estimate of drug-likeness (QED) is 0.342. The van der Waals surface area contributed by atoms with E-state index in [9.17, 15) is 4.79 Å². The number of aryl methyl sites for hydroxylation is 1. The number of piperazine rings is 1. The molecule has 162 valence electrons. The Balaban J connectivity index is 0.00000320. The molecular weight excluding hydrogens is 493 g/mol. The summed E-state index contributed by atoms with van der Waals surface area (Å²) < 4.78 is 0. The van der Waals surface area contributed by atoms with E-state index in [4.69, 9.17) is 0 Å². The van der Waals surface area contributed by atoms with Gasteiger partial charge in [-0.1, -0.05) is 29.8 Å². The lowest BCUT2D eigenvalue weighted by molar-refractivity contribution is -0.131. The Hall–Kier alpha value is -2.43. The molecule has 0 saturated carbocycles. The minimum atomic E-state index is 0. The van der Waals surface area contributed by atoms with Crippen molar-refractivity contribution in [3.05, 3.63) is 53.9 Å². The van der Waals surface area contributed by atoms with Gasteiger partial charge in [0, 0.05) is 65.1 Å². The van der Waals surface area contributed by atoms with Gasteiger partial charge >= 0.3 is 0 Å². The van der Waals surface area contributed by atoms with E-state index < -0.39 is 0 Å². The van der Waals surface area contributed by atoms with Gasteiger partial charge in [-0.25, -0.2) is 9.97 Å². The number of halogens is 1. The summed E-state index contributed by atoms with van der Waals surface area (Å²) in [5.41, 5.74) is 2.43. The molecule has 2 heterocycles. The van der Waals surface area contributed by atoms with Crippen LogP contribution in [0.2, 0.25) is 0 Å². The molecule has 1 saturated heterocycles. The van der Waals surface area contributed by atoms with Crippen LogP contribution in [0.3, 0.4) is 0 Å². The molecule has 0 aliphatic carbocycles. The number of aliphatic imine (C=N–C) groups is 1. The number of rotatable bonds is 6. The maximum absolute atomic E-state index is 12.5. The normalized spacial score (nSPS) is 14.1. The van der Waals surface area contributed by atoms with Crippen LogP contribution in [-0.4, -0.2) is 66.5 Å². The highest BCUT2D eigenvalue weighted by molar-refractivity contribution is 14.0. The van der Waals surface area contributed by atoms with E-state index in [1.807, 2.05) is 4.90 Å². The van der Waals surface area contributed by atoms with Gasteiger partial charge in [0.15, 0.2) is 5.96 Å². The standard InChI is InChI=1S/C21H29N7O.HI/c1-17-4-6-18(7-5-17)16-26-20(22-2)23-11-8-19(29)27-12-14-28(15-13-27)21-24-9-3-10-25-21;/h3-7,9-10H,8,11-16H2,1-2H3,(H2,22,23,26);1H. The van der Waals surface area contributed by atoms with Crippen LogP contribution < -0.4 is 15.5 Å². The third-order valence-corrected chi connectivity index (χ3v) is 4.90. The van der Waals surface area contributed by atoms with Gasteiger partial charge in [-0.3, -0.25) is 9.79 Å². The first-order valence-electron chi connectivity index (χ1n) is 9.95. The summed E-state index contributed by atoms with van der Waals surface area (Å²) >= 11 is 0. The van der Waals surface area contributed by atoms with Crippen molar-refractivity contribution in [3.8, 4) is 0 Å². The molecule has 0 bridgehead atoms. The Kier molecular flexibility index (Phi) is 9.78. The van der Waals surface area contributed by atoms with Crippen LogP contribution in [-0.2, 0) is 11.3 Å². The summed E-state index contributed by atoms with van der Waals surface area (Å²) in [4.78, 5) is 29.3. The molecular formula is C21H30IN7O. The first-order valence-corrected chi connectivity index (χ1v) is 9.95. The van der Waals surface area contributed by atoms with Crippen LogP contribution in [0.15, 0.2) is 47.7 Å². The monoisotopic (exact) mass is 523 g/mol. The molecule has 0 atom stereocenters. The van der Waals surface area contributed by atoms with Crippen molar-refractivity contribution in [3.63, 3.8) is 0 Å². The van der Waals surface area contributed by atoms with Crippen molar-refractivity contribution in [2.75, 3.05) is 44.7 Å². The number of carbonyl (C=O) groups excluding carboxylic acids is 1. The van der Waals surface area contributed by atoms with Crippen molar-refractivity contribution < 1.29 is 4.79 Å². The molecule has 1 amide bonds. The highest BCUT2D eigenvalue weighted by atomic mass is 127. The largest absolute Gasteiger partial charge is 0.356 e. The van der Waals surface area contributed by atoms with Gasteiger partial charge in [-0.05, 0) is 18.6 Å². The topological polar surface area (TPSA) is 85.8 Å². The Bertz CT molecular complexity index is 806. The van der Waals surface area contributed by atoms with Crippen LogP contribution >= 0.6 is 24.0 Å². The third-order valence-electron chi connectivity index (χ3n) is 4.90. The van der Waals surface area contributed by atoms with Crippen molar-refractivity contribution in [1.29, 1.82) is 0 Å². The van der Waals surface area contributed by atoms with Gasteiger partial charge in [0.25, 0.3) is 0 Å². The molecule has 0 unspecified atom stereocenters. The van der Waals surface area contributed by atoms with Gasteiger partial charge in [0.1, 0.15) is 0 Å². The number of carbonyl (C=O) groups is 1. The molecule has 30 heavy (non-hydrogen) atoms.